The Labute approximate surface area is 79.5 Å². The first-order valence-electron chi connectivity index (χ1n) is 4.53. The molecule has 0 unspecified atom stereocenters. The lowest BCUT2D eigenvalue weighted by Crippen LogP contribution is -1.79. The maximum Gasteiger partial charge on any atom is 0.123 e. The van der Waals surface area contributed by atoms with Crippen LogP contribution in [0, 0.1) is 5.82 Å². The third kappa shape index (κ3) is 2.67. The van der Waals surface area contributed by atoms with Crippen LogP contribution in [0.4, 0.5) is 4.39 Å². The molecule has 0 aliphatic carbocycles. The highest BCUT2D eigenvalue weighted by molar-refractivity contribution is 6.19. The summed E-state index contributed by atoms with van der Waals surface area (Å²) < 4.78 is 27.0. The number of rotatable bonds is 2. The van der Waals surface area contributed by atoms with Crippen LogP contribution >= 0.6 is 11.6 Å². The first kappa shape index (κ1) is 6.67. The SMILES string of the molecule is [2H]C([2H])(Cl)/C(C)=C/c1ccc(F)cc1. The van der Waals surface area contributed by atoms with Gasteiger partial charge in [-0.15, -0.1) is 11.6 Å². The lowest BCUT2D eigenvalue weighted by atomic mass is 10.1. The van der Waals surface area contributed by atoms with Crippen molar-refractivity contribution in [1.29, 1.82) is 0 Å². The highest BCUT2D eigenvalue weighted by Gasteiger charge is 1.90. The Hall–Kier alpha value is -0.820. The van der Waals surface area contributed by atoms with Gasteiger partial charge in [-0.25, -0.2) is 4.39 Å². The second-order valence-electron chi connectivity index (χ2n) is 2.47. The highest BCUT2D eigenvalue weighted by atomic mass is 35.5. The Morgan fingerprint density at radius 2 is 2.17 bits per heavy atom. The zero-order chi connectivity index (χ0) is 10.8. The van der Waals surface area contributed by atoms with Gasteiger partial charge in [0.1, 0.15) is 5.82 Å². The quantitative estimate of drug-likeness (QED) is 0.621. The largest absolute Gasteiger partial charge is 0.207 e. The fourth-order valence-corrected chi connectivity index (χ4v) is 0.891. The maximum absolute atomic E-state index is 12.5. The van der Waals surface area contributed by atoms with Gasteiger partial charge in [0.05, 0.1) is 0 Å². The molecule has 0 aliphatic heterocycles. The van der Waals surface area contributed by atoms with E-state index in [9.17, 15) is 4.39 Å². The van der Waals surface area contributed by atoms with E-state index >= 15 is 0 Å². The van der Waals surface area contributed by atoms with Crippen LogP contribution in [0.1, 0.15) is 15.2 Å². The minimum atomic E-state index is -1.85. The van der Waals surface area contributed by atoms with E-state index in [0.29, 0.717) is 5.57 Å². The molecule has 0 aromatic heterocycles. The van der Waals surface area contributed by atoms with Crippen molar-refractivity contribution in [3.63, 3.8) is 0 Å². The zero-order valence-corrected chi connectivity index (χ0v) is 7.40. The molecule has 0 amide bonds. The Kier molecular flexibility index (Phi) is 2.37. The summed E-state index contributed by atoms with van der Waals surface area (Å²) in [7, 11) is 0. The minimum Gasteiger partial charge on any atom is -0.207 e. The topological polar surface area (TPSA) is 0 Å². The van der Waals surface area contributed by atoms with Crippen LogP contribution in [0.3, 0.4) is 0 Å². The second kappa shape index (κ2) is 4.27. The fraction of sp³-hybridized carbons (Fsp3) is 0.200. The summed E-state index contributed by atoms with van der Waals surface area (Å²) in [5.41, 5.74) is 1.12. The predicted molar refractivity (Wildman–Crippen MR) is 50.8 cm³/mol. The van der Waals surface area contributed by atoms with Gasteiger partial charge in [-0.1, -0.05) is 23.8 Å². The Balaban J connectivity index is 2.93. The maximum atomic E-state index is 12.5. The summed E-state index contributed by atoms with van der Waals surface area (Å²) in [5.74, 6) is -2.16. The number of alkyl halides is 1. The number of hydrogen-bond donors (Lipinski definition) is 0. The molecule has 1 rings (SSSR count). The first-order valence-corrected chi connectivity index (χ1v) is 3.90. The third-order valence-corrected chi connectivity index (χ3v) is 1.70. The van der Waals surface area contributed by atoms with E-state index in [4.69, 9.17) is 14.3 Å². The van der Waals surface area contributed by atoms with Crippen LogP contribution in [-0.4, -0.2) is 5.83 Å². The summed E-state index contributed by atoms with van der Waals surface area (Å²) in [6, 6.07) is 5.79. The number of hydrogen-bond acceptors (Lipinski definition) is 0. The van der Waals surface area contributed by atoms with E-state index in [0.717, 1.165) is 5.56 Å². The van der Waals surface area contributed by atoms with Gasteiger partial charge in [0.2, 0.25) is 0 Å². The normalized spacial score (nSPS) is 15.4. The van der Waals surface area contributed by atoms with Crippen LogP contribution < -0.4 is 0 Å². The second-order valence-corrected chi connectivity index (χ2v) is 2.66. The van der Waals surface area contributed by atoms with Crippen LogP contribution in [-0.2, 0) is 0 Å². The monoisotopic (exact) mass is 186 g/mol. The van der Waals surface area contributed by atoms with Crippen molar-refractivity contribution in [2.24, 2.45) is 0 Å². The molecule has 0 spiro atoms. The zero-order valence-electron chi connectivity index (χ0n) is 8.64. The lowest BCUT2D eigenvalue weighted by molar-refractivity contribution is 0.628. The average Bonchev–Trinajstić information content (AvgIpc) is 2.07. The van der Waals surface area contributed by atoms with E-state index in [1.165, 1.54) is 12.1 Å². The van der Waals surface area contributed by atoms with Gasteiger partial charge in [0.25, 0.3) is 0 Å². The molecule has 1 aromatic carbocycles. The van der Waals surface area contributed by atoms with E-state index in [2.05, 4.69) is 0 Å². The molecule has 12 heavy (non-hydrogen) atoms. The first-order chi connectivity index (χ1) is 6.39. The average molecular weight is 187 g/mol. The molecule has 0 saturated heterocycles. The minimum absolute atomic E-state index is 0.311. The molecule has 0 aliphatic rings. The smallest absolute Gasteiger partial charge is 0.123 e. The van der Waals surface area contributed by atoms with E-state index < -0.39 is 5.83 Å². The van der Waals surface area contributed by atoms with Crippen molar-refractivity contribution < 1.29 is 7.13 Å². The van der Waals surface area contributed by atoms with Gasteiger partial charge in [-0.05, 0) is 24.6 Å². The molecular formula is C10H10ClF. The van der Waals surface area contributed by atoms with Crippen LogP contribution in [0.15, 0.2) is 29.8 Å². The fourth-order valence-electron chi connectivity index (χ4n) is 0.836. The molecule has 0 atom stereocenters. The van der Waals surface area contributed by atoms with Gasteiger partial charge in [0.15, 0.2) is 0 Å². The molecule has 0 N–H and O–H groups in total. The molecule has 2 heteroatoms. The van der Waals surface area contributed by atoms with Crippen molar-refractivity contribution in [2.45, 2.75) is 6.92 Å². The third-order valence-electron chi connectivity index (χ3n) is 1.40. The van der Waals surface area contributed by atoms with Gasteiger partial charge in [-0.3, -0.25) is 0 Å². The molecule has 0 nitrogen and oxygen atoms in total. The predicted octanol–water partition coefficient (Wildman–Crippen LogP) is 3.47. The standard InChI is InChI=1S/C10H10ClF/c1-8(7-11)6-9-2-4-10(12)5-3-9/h2-6H,7H2,1H3/b8-6+/i7D2. The summed E-state index contributed by atoms with van der Waals surface area (Å²) >= 11 is 5.46. The summed E-state index contributed by atoms with van der Waals surface area (Å²) in [4.78, 5) is 0. The van der Waals surface area contributed by atoms with E-state index in [1.54, 1.807) is 25.1 Å². The van der Waals surface area contributed by atoms with Gasteiger partial charge >= 0.3 is 0 Å². The van der Waals surface area contributed by atoms with Crippen molar-refractivity contribution >= 4 is 17.7 Å². The van der Waals surface area contributed by atoms with E-state index in [-0.39, 0.29) is 5.82 Å². The van der Waals surface area contributed by atoms with Crippen molar-refractivity contribution in [3.05, 3.63) is 41.2 Å². The number of allylic oxidation sites excluding steroid dienone is 1. The Morgan fingerprint density at radius 3 is 2.67 bits per heavy atom. The molecule has 64 valence electrons. The van der Waals surface area contributed by atoms with Crippen LogP contribution in [0.2, 0.25) is 0 Å². The summed E-state index contributed by atoms with van der Waals surface area (Å²) in [6.45, 7) is 1.59. The van der Waals surface area contributed by atoms with Gasteiger partial charge in [0, 0.05) is 8.57 Å². The lowest BCUT2D eigenvalue weighted by Gasteiger charge is -1.95. The Bertz CT molecular complexity index is 338. The van der Waals surface area contributed by atoms with Gasteiger partial charge < -0.3 is 0 Å². The molecule has 0 fully saturated rings. The van der Waals surface area contributed by atoms with Crippen LogP contribution in [0.5, 0.6) is 0 Å². The molecule has 0 radical (unpaired) electrons. The molecule has 0 heterocycles. The number of benzene rings is 1. The Morgan fingerprint density at radius 1 is 1.58 bits per heavy atom. The van der Waals surface area contributed by atoms with Gasteiger partial charge in [-0.2, -0.15) is 0 Å². The molecule has 0 bridgehead atoms. The molecule has 1 aromatic rings. The molecule has 0 saturated carbocycles. The molecular weight excluding hydrogens is 175 g/mol. The summed E-state index contributed by atoms with van der Waals surface area (Å²) in [5, 5.41) is 0. The van der Waals surface area contributed by atoms with Crippen molar-refractivity contribution in [3.8, 4) is 0 Å². The summed E-state index contributed by atoms with van der Waals surface area (Å²) in [6.07, 6.45) is 1.59. The highest BCUT2D eigenvalue weighted by Crippen LogP contribution is 2.08. The van der Waals surface area contributed by atoms with E-state index in [1.807, 2.05) is 0 Å². The van der Waals surface area contributed by atoms with Crippen LogP contribution in [0.25, 0.3) is 6.08 Å². The number of halogens is 2. The van der Waals surface area contributed by atoms with Crippen molar-refractivity contribution in [1.82, 2.24) is 0 Å². The van der Waals surface area contributed by atoms with Crippen molar-refractivity contribution in [2.75, 3.05) is 5.83 Å².